The van der Waals surface area contributed by atoms with Gasteiger partial charge in [0.15, 0.2) is 5.82 Å². The van der Waals surface area contributed by atoms with E-state index in [2.05, 4.69) is 20.3 Å². The van der Waals surface area contributed by atoms with Crippen molar-refractivity contribution >= 4 is 11.7 Å². The summed E-state index contributed by atoms with van der Waals surface area (Å²) in [6, 6.07) is 3.93. The number of nitrogens with two attached hydrogens (primary N) is 1. The number of nitrogens with one attached hydrogen (secondary N) is 1. The molecule has 0 bridgehead atoms. The maximum atomic E-state index is 11.4. The van der Waals surface area contributed by atoms with Gasteiger partial charge in [0, 0.05) is 37.2 Å². The van der Waals surface area contributed by atoms with E-state index >= 15 is 0 Å². The van der Waals surface area contributed by atoms with Crippen LogP contribution in [0.5, 0.6) is 0 Å². The van der Waals surface area contributed by atoms with Crippen LogP contribution in [-0.4, -0.2) is 40.1 Å². The van der Waals surface area contributed by atoms with Gasteiger partial charge < -0.3 is 15.8 Å². The summed E-state index contributed by atoms with van der Waals surface area (Å²) in [4.78, 5) is 24.0. The lowest BCUT2D eigenvalue weighted by molar-refractivity contribution is 0.0904. The van der Waals surface area contributed by atoms with Crippen LogP contribution in [0, 0.1) is 0 Å². The van der Waals surface area contributed by atoms with Crippen molar-refractivity contribution in [3.63, 3.8) is 0 Å². The molecule has 1 aliphatic heterocycles. The van der Waals surface area contributed by atoms with Crippen LogP contribution in [0.2, 0.25) is 0 Å². The van der Waals surface area contributed by atoms with E-state index in [1.165, 1.54) is 6.20 Å². The molecule has 1 fully saturated rings. The van der Waals surface area contributed by atoms with Crippen LogP contribution in [0.25, 0.3) is 11.3 Å². The van der Waals surface area contributed by atoms with Crippen LogP contribution < -0.4 is 11.1 Å². The highest BCUT2D eigenvalue weighted by molar-refractivity contribution is 5.91. The molecular weight excluding hydrogens is 282 g/mol. The maximum absolute atomic E-state index is 11.4. The zero-order valence-electron chi connectivity index (χ0n) is 12.0. The monoisotopic (exact) mass is 299 g/mol. The number of anilines is 1. The lowest BCUT2D eigenvalue weighted by Crippen LogP contribution is -2.28. The molecular formula is C15H17N5O2. The summed E-state index contributed by atoms with van der Waals surface area (Å²) < 4.78 is 5.36. The Labute approximate surface area is 127 Å². The Bertz CT molecular complexity index is 656. The lowest BCUT2D eigenvalue weighted by Gasteiger charge is -2.24. The number of aromatic nitrogens is 3. The van der Waals surface area contributed by atoms with Crippen LogP contribution in [0.15, 0.2) is 30.7 Å². The number of carbonyl (C=O) groups excluding carboxylic acids is 1. The van der Waals surface area contributed by atoms with E-state index in [1.54, 1.807) is 12.4 Å². The molecule has 2 aromatic heterocycles. The van der Waals surface area contributed by atoms with Gasteiger partial charge in [-0.3, -0.25) is 9.78 Å². The van der Waals surface area contributed by atoms with Crippen molar-refractivity contribution < 1.29 is 9.53 Å². The first-order valence-electron chi connectivity index (χ1n) is 7.15. The van der Waals surface area contributed by atoms with Gasteiger partial charge >= 0.3 is 0 Å². The second-order valence-corrected chi connectivity index (χ2v) is 5.08. The molecule has 1 aliphatic rings. The fraction of sp³-hybridized carbons (Fsp3) is 0.333. The molecule has 22 heavy (non-hydrogen) atoms. The highest BCUT2D eigenvalue weighted by Crippen LogP contribution is 2.25. The molecule has 2 aromatic rings. The van der Waals surface area contributed by atoms with Gasteiger partial charge in [-0.05, 0) is 25.0 Å². The van der Waals surface area contributed by atoms with E-state index in [1.807, 2.05) is 12.1 Å². The van der Waals surface area contributed by atoms with Crippen LogP contribution in [0.1, 0.15) is 23.3 Å². The number of pyridine rings is 1. The molecule has 0 aromatic carbocycles. The van der Waals surface area contributed by atoms with Gasteiger partial charge in [0.1, 0.15) is 11.4 Å². The van der Waals surface area contributed by atoms with Crippen LogP contribution in [0.3, 0.4) is 0 Å². The van der Waals surface area contributed by atoms with E-state index in [-0.39, 0.29) is 11.7 Å². The summed E-state index contributed by atoms with van der Waals surface area (Å²) in [7, 11) is 0. The van der Waals surface area contributed by atoms with E-state index < -0.39 is 5.91 Å². The second kappa shape index (κ2) is 6.48. The summed E-state index contributed by atoms with van der Waals surface area (Å²) in [5.41, 5.74) is 6.88. The molecule has 0 spiro atoms. The van der Waals surface area contributed by atoms with Crippen molar-refractivity contribution in [2.75, 3.05) is 18.5 Å². The third kappa shape index (κ3) is 3.20. The molecule has 3 rings (SSSR count). The summed E-state index contributed by atoms with van der Waals surface area (Å²) >= 11 is 0. The Morgan fingerprint density at radius 1 is 1.27 bits per heavy atom. The molecule has 0 aliphatic carbocycles. The van der Waals surface area contributed by atoms with Crippen LogP contribution in [-0.2, 0) is 4.74 Å². The number of hydrogen-bond acceptors (Lipinski definition) is 6. The molecule has 3 heterocycles. The Kier molecular flexibility index (Phi) is 4.24. The van der Waals surface area contributed by atoms with Crippen molar-refractivity contribution in [3.8, 4) is 11.3 Å². The Balaban J connectivity index is 1.95. The van der Waals surface area contributed by atoms with Crippen molar-refractivity contribution in [2.45, 2.75) is 18.9 Å². The van der Waals surface area contributed by atoms with Gasteiger partial charge in [-0.25, -0.2) is 9.97 Å². The third-order valence-corrected chi connectivity index (χ3v) is 3.54. The highest BCUT2D eigenvalue weighted by Gasteiger charge is 2.18. The normalized spacial score (nSPS) is 15.5. The summed E-state index contributed by atoms with van der Waals surface area (Å²) in [6.07, 6.45) is 6.57. The fourth-order valence-electron chi connectivity index (χ4n) is 2.36. The highest BCUT2D eigenvalue weighted by atomic mass is 16.5. The first-order chi connectivity index (χ1) is 10.7. The molecule has 3 N–H and O–H groups in total. The van der Waals surface area contributed by atoms with Crippen LogP contribution in [0.4, 0.5) is 5.82 Å². The van der Waals surface area contributed by atoms with E-state index in [9.17, 15) is 4.79 Å². The Hall–Kier alpha value is -2.54. The predicted octanol–water partition coefficient (Wildman–Crippen LogP) is 1.23. The third-order valence-electron chi connectivity index (χ3n) is 3.54. The van der Waals surface area contributed by atoms with Gasteiger partial charge in [-0.1, -0.05) is 0 Å². The SMILES string of the molecule is NC(=O)c1cnc(NC2CCOCC2)c(-c2ccncc2)n1. The van der Waals surface area contributed by atoms with Gasteiger partial charge in [-0.2, -0.15) is 0 Å². The minimum absolute atomic E-state index is 0.143. The first kappa shape index (κ1) is 14.4. The number of amides is 1. The number of carbonyl (C=O) groups is 1. The van der Waals surface area contributed by atoms with E-state index in [0.717, 1.165) is 31.6 Å². The summed E-state index contributed by atoms with van der Waals surface area (Å²) in [5, 5.41) is 3.39. The number of nitrogens with zero attached hydrogens (tertiary/aromatic N) is 3. The number of hydrogen-bond donors (Lipinski definition) is 2. The minimum atomic E-state index is -0.597. The van der Waals surface area contributed by atoms with Crippen molar-refractivity contribution in [1.29, 1.82) is 0 Å². The molecule has 0 unspecified atom stereocenters. The number of rotatable bonds is 4. The van der Waals surface area contributed by atoms with Gasteiger partial charge in [0.2, 0.25) is 0 Å². The largest absolute Gasteiger partial charge is 0.381 e. The Morgan fingerprint density at radius 3 is 2.68 bits per heavy atom. The van der Waals surface area contributed by atoms with Gasteiger partial charge in [-0.15, -0.1) is 0 Å². The number of ether oxygens (including phenoxy) is 1. The van der Waals surface area contributed by atoms with Crippen molar-refractivity contribution in [3.05, 3.63) is 36.4 Å². The average molecular weight is 299 g/mol. The van der Waals surface area contributed by atoms with E-state index in [0.29, 0.717) is 11.5 Å². The van der Waals surface area contributed by atoms with Gasteiger partial charge in [0.05, 0.1) is 6.20 Å². The molecule has 0 saturated carbocycles. The molecule has 114 valence electrons. The van der Waals surface area contributed by atoms with Gasteiger partial charge in [0.25, 0.3) is 5.91 Å². The molecule has 0 atom stereocenters. The molecule has 7 heteroatoms. The standard InChI is InChI=1S/C15H17N5O2/c16-14(21)12-9-18-15(19-11-3-7-22-8-4-11)13(20-12)10-1-5-17-6-2-10/h1-2,5-6,9,11H,3-4,7-8H2,(H2,16,21)(H,18,19). The number of primary amides is 1. The average Bonchev–Trinajstić information content (AvgIpc) is 2.57. The van der Waals surface area contributed by atoms with E-state index in [4.69, 9.17) is 10.5 Å². The maximum Gasteiger partial charge on any atom is 0.268 e. The lowest BCUT2D eigenvalue weighted by atomic mass is 10.1. The molecule has 0 radical (unpaired) electrons. The fourth-order valence-corrected chi connectivity index (χ4v) is 2.36. The topological polar surface area (TPSA) is 103 Å². The smallest absolute Gasteiger partial charge is 0.268 e. The predicted molar refractivity (Wildman–Crippen MR) is 81.2 cm³/mol. The van der Waals surface area contributed by atoms with Crippen molar-refractivity contribution in [2.24, 2.45) is 5.73 Å². The summed E-state index contributed by atoms with van der Waals surface area (Å²) in [6.45, 7) is 1.46. The zero-order valence-corrected chi connectivity index (χ0v) is 12.0. The zero-order chi connectivity index (χ0) is 15.4. The first-order valence-corrected chi connectivity index (χ1v) is 7.15. The molecule has 7 nitrogen and oxygen atoms in total. The van der Waals surface area contributed by atoms with Crippen LogP contribution >= 0.6 is 0 Å². The summed E-state index contributed by atoms with van der Waals surface area (Å²) in [5.74, 6) is 0.0449. The molecule has 1 amide bonds. The minimum Gasteiger partial charge on any atom is -0.381 e. The molecule has 1 saturated heterocycles. The second-order valence-electron chi connectivity index (χ2n) is 5.08. The Morgan fingerprint density at radius 2 is 2.00 bits per heavy atom. The van der Waals surface area contributed by atoms with Crippen molar-refractivity contribution in [1.82, 2.24) is 15.0 Å². The quantitative estimate of drug-likeness (QED) is 0.880.